The SMILES string of the molecule is CCc1sc(CCc2ccc(C=O)c(O)c2)cc1-c1ccccc1. The molecule has 0 unspecified atom stereocenters. The van der Waals surface area contributed by atoms with Gasteiger partial charge in [-0.05, 0) is 54.2 Å². The van der Waals surface area contributed by atoms with Gasteiger partial charge in [-0.15, -0.1) is 11.3 Å². The van der Waals surface area contributed by atoms with Gasteiger partial charge in [0, 0.05) is 9.75 Å². The highest BCUT2D eigenvalue weighted by Crippen LogP contribution is 2.33. The highest BCUT2D eigenvalue weighted by atomic mass is 32.1. The summed E-state index contributed by atoms with van der Waals surface area (Å²) in [6, 6.07) is 18.1. The molecule has 0 spiro atoms. The van der Waals surface area contributed by atoms with Gasteiger partial charge in [-0.2, -0.15) is 0 Å². The van der Waals surface area contributed by atoms with Crippen LogP contribution in [0.25, 0.3) is 11.1 Å². The molecule has 122 valence electrons. The summed E-state index contributed by atoms with van der Waals surface area (Å²) in [5.74, 6) is 0.0629. The Balaban J connectivity index is 1.78. The molecule has 2 aromatic carbocycles. The molecule has 1 N–H and O–H groups in total. The molecule has 3 rings (SSSR count). The Morgan fingerprint density at radius 1 is 1.04 bits per heavy atom. The monoisotopic (exact) mass is 336 g/mol. The lowest BCUT2D eigenvalue weighted by molar-refractivity contribution is 0.112. The molecule has 3 heteroatoms. The number of hydrogen-bond acceptors (Lipinski definition) is 3. The summed E-state index contributed by atoms with van der Waals surface area (Å²) in [5.41, 5.74) is 3.99. The van der Waals surface area contributed by atoms with Crippen LogP contribution in [-0.4, -0.2) is 11.4 Å². The lowest BCUT2D eigenvalue weighted by Gasteiger charge is -2.03. The number of rotatable bonds is 6. The van der Waals surface area contributed by atoms with E-state index in [-0.39, 0.29) is 5.75 Å². The van der Waals surface area contributed by atoms with E-state index in [0.717, 1.165) is 24.8 Å². The summed E-state index contributed by atoms with van der Waals surface area (Å²) >= 11 is 1.87. The van der Waals surface area contributed by atoms with Gasteiger partial charge in [0.05, 0.1) is 5.56 Å². The van der Waals surface area contributed by atoms with Gasteiger partial charge in [-0.1, -0.05) is 43.3 Å². The smallest absolute Gasteiger partial charge is 0.153 e. The van der Waals surface area contributed by atoms with Crippen molar-refractivity contribution in [3.63, 3.8) is 0 Å². The summed E-state index contributed by atoms with van der Waals surface area (Å²) < 4.78 is 0. The Hall–Kier alpha value is -2.39. The van der Waals surface area contributed by atoms with Crippen LogP contribution in [0, 0.1) is 0 Å². The fraction of sp³-hybridized carbons (Fsp3) is 0.190. The first kappa shape index (κ1) is 16.5. The maximum absolute atomic E-state index is 10.8. The molecule has 0 aliphatic carbocycles. The van der Waals surface area contributed by atoms with E-state index in [0.29, 0.717) is 11.8 Å². The molecule has 2 nitrogen and oxygen atoms in total. The van der Waals surface area contributed by atoms with Crippen molar-refractivity contribution in [1.82, 2.24) is 0 Å². The summed E-state index contributed by atoms with van der Waals surface area (Å²) in [6.45, 7) is 2.19. The van der Waals surface area contributed by atoms with Crippen LogP contribution in [0.15, 0.2) is 54.6 Å². The number of hydrogen-bond donors (Lipinski definition) is 1. The molecule has 0 bridgehead atoms. The predicted molar refractivity (Wildman–Crippen MR) is 100 cm³/mol. The van der Waals surface area contributed by atoms with E-state index in [1.165, 1.54) is 20.9 Å². The number of aldehydes is 1. The van der Waals surface area contributed by atoms with Crippen LogP contribution in [0.4, 0.5) is 0 Å². The summed E-state index contributed by atoms with van der Waals surface area (Å²) in [4.78, 5) is 13.5. The molecule has 0 radical (unpaired) electrons. The molecule has 3 aromatic rings. The Kier molecular flexibility index (Phi) is 5.11. The summed E-state index contributed by atoms with van der Waals surface area (Å²) in [5, 5.41) is 9.79. The quantitative estimate of drug-likeness (QED) is 0.622. The lowest BCUT2D eigenvalue weighted by atomic mass is 10.0. The van der Waals surface area contributed by atoms with E-state index in [4.69, 9.17) is 0 Å². The zero-order chi connectivity index (χ0) is 16.9. The van der Waals surface area contributed by atoms with Gasteiger partial charge in [0.15, 0.2) is 6.29 Å². The van der Waals surface area contributed by atoms with E-state index < -0.39 is 0 Å². The van der Waals surface area contributed by atoms with E-state index in [2.05, 4.69) is 37.3 Å². The number of thiophene rings is 1. The molecule has 0 aliphatic heterocycles. The topological polar surface area (TPSA) is 37.3 Å². The van der Waals surface area contributed by atoms with Crippen molar-refractivity contribution in [3.05, 3.63) is 75.5 Å². The fourth-order valence-corrected chi connectivity index (χ4v) is 3.97. The Bertz CT molecular complexity index is 834. The number of phenols is 1. The van der Waals surface area contributed by atoms with E-state index in [1.807, 2.05) is 23.5 Å². The second kappa shape index (κ2) is 7.45. The molecule has 0 amide bonds. The maximum Gasteiger partial charge on any atom is 0.153 e. The van der Waals surface area contributed by atoms with Gasteiger partial charge in [-0.3, -0.25) is 4.79 Å². The van der Waals surface area contributed by atoms with Crippen LogP contribution in [0.3, 0.4) is 0 Å². The molecule has 1 heterocycles. The second-order valence-corrected chi connectivity index (χ2v) is 7.00. The third-order valence-corrected chi connectivity index (χ3v) is 5.49. The Labute approximate surface area is 146 Å². The average molecular weight is 336 g/mol. The van der Waals surface area contributed by atoms with Crippen molar-refractivity contribution >= 4 is 17.6 Å². The number of carbonyl (C=O) groups is 1. The molecular formula is C21H20O2S. The standard InChI is InChI=1S/C21H20O2S/c1-2-21-19(16-6-4-3-5-7-16)13-18(24-21)11-9-15-8-10-17(14-22)20(23)12-15/h3-8,10,12-14,23H,2,9,11H2,1H3. The zero-order valence-corrected chi connectivity index (χ0v) is 14.5. The number of aromatic hydroxyl groups is 1. The highest BCUT2D eigenvalue weighted by Gasteiger charge is 2.10. The van der Waals surface area contributed by atoms with Gasteiger partial charge in [0.2, 0.25) is 0 Å². The minimum absolute atomic E-state index is 0.0629. The molecule has 24 heavy (non-hydrogen) atoms. The van der Waals surface area contributed by atoms with Gasteiger partial charge in [0.25, 0.3) is 0 Å². The van der Waals surface area contributed by atoms with Crippen molar-refractivity contribution in [2.75, 3.05) is 0 Å². The van der Waals surface area contributed by atoms with E-state index in [9.17, 15) is 9.90 Å². The van der Waals surface area contributed by atoms with Crippen LogP contribution in [0.1, 0.15) is 32.6 Å². The highest BCUT2D eigenvalue weighted by molar-refractivity contribution is 7.12. The van der Waals surface area contributed by atoms with Crippen molar-refractivity contribution in [2.45, 2.75) is 26.2 Å². The first-order valence-electron chi connectivity index (χ1n) is 8.15. The minimum atomic E-state index is 0.0629. The van der Waals surface area contributed by atoms with Gasteiger partial charge in [-0.25, -0.2) is 0 Å². The number of aryl methyl sites for hydroxylation is 3. The molecule has 1 aromatic heterocycles. The summed E-state index contributed by atoms with van der Waals surface area (Å²) in [6.07, 6.45) is 3.50. The predicted octanol–water partition coefficient (Wildman–Crippen LogP) is 5.28. The van der Waals surface area contributed by atoms with Crippen LogP contribution >= 0.6 is 11.3 Å². The van der Waals surface area contributed by atoms with Crippen LogP contribution in [-0.2, 0) is 19.3 Å². The maximum atomic E-state index is 10.8. The normalized spacial score (nSPS) is 10.7. The first-order chi connectivity index (χ1) is 11.7. The van der Waals surface area contributed by atoms with Crippen molar-refractivity contribution in [3.8, 4) is 16.9 Å². The zero-order valence-electron chi connectivity index (χ0n) is 13.7. The molecule has 0 fully saturated rings. The van der Waals surface area contributed by atoms with Gasteiger partial charge < -0.3 is 5.11 Å². The largest absolute Gasteiger partial charge is 0.507 e. The van der Waals surface area contributed by atoms with Crippen molar-refractivity contribution < 1.29 is 9.90 Å². The average Bonchev–Trinajstić information content (AvgIpc) is 3.04. The number of carbonyl (C=O) groups excluding carboxylic acids is 1. The fourth-order valence-electron chi connectivity index (χ4n) is 2.84. The van der Waals surface area contributed by atoms with Gasteiger partial charge in [0.1, 0.15) is 5.75 Å². The lowest BCUT2D eigenvalue weighted by Crippen LogP contribution is -1.90. The van der Waals surface area contributed by atoms with Crippen molar-refractivity contribution in [1.29, 1.82) is 0 Å². The minimum Gasteiger partial charge on any atom is -0.507 e. The van der Waals surface area contributed by atoms with Crippen LogP contribution in [0.2, 0.25) is 0 Å². The third kappa shape index (κ3) is 3.57. The molecule has 0 saturated carbocycles. The number of phenolic OH excluding ortho intramolecular Hbond substituents is 1. The third-order valence-electron chi connectivity index (χ3n) is 4.15. The summed E-state index contributed by atoms with van der Waals surface area (Å²) in [7, 11) is 0. The second-order valence-electron chi connectivity index (χ2n) is 5.78. The molecular weight excluding hydrogens is 316 g/mol. The van der Waals surface area contributed by atoms with E-state index in [1.54, 1.807) is 12.1 Å². The van der Waals surface area contributed by atoms with Gasteiger partial charge >= 0.3 is 0 Å². The number of benzene rings is 2. The van der Waals surface area contributed by atoms with E-state index >= 15 is 0 Å². The molecule has 0 atom stereocenters. The molecule has 0 saturated heterocycles. The first-order valence-corrected chi connectivity index (χ1v) is 8.97. The molecule has 0 aliphatic rings. The van der Waals surface area contributed by atoms with Crippen LogP contribution in [0.5, 0.6) is 5.75 Å². The Morgan fingerprint density at radius 2 is 1.83 bits per heavy atom. The van der Waals surface area contributed by atoms with Crippen LogP contribution < -0.4 is 0 Å². The Morgan fingerprint density at radius 3 is 2.50 bits per heavy atom. The van der Waals surface area contributed by atoms with Crippen molar-refractivity contribution in [2.24, 2.45) is 0 Å².